The first-order valence-corrected chi connectivity index (χ1v) is 10.1. The highest BCUT2D eigenvalue weighted by Crippen LogP contribution is 2.18. The van der Waals surface area contributed by atoms with E-state index in [4.69, 9.17) is 9.16 Å². The summed E-state index contributed by atoms with van der Waals surface area (Å²) in [7, 11) is -1.39. The molecule has 100 valence electrons. The summed E-state index contributed by atoms with van der Waals surface area (Å²) >= 11 is 0. The highest BCUT2D eigenvalue weighted by Gasteiger charge is 2.22. The molecule has 3 heteroatoms. The van der Waals surface area contributed by atoms with Crippen LogP contribution in [0, 0.1) is 0 Å². The van der Waals surface area contributed by atoms with E-state index in [-0.39, 0.29) is 0 Å². The first-order chi connectivity index (χ1) is 8.03. The highest BCUT2D eigenvalue weighted by atomic mass is 28.4. The SMILES string of the molecule is CCCC[Si](C)(C)OCCC1CC=C(C)CO1. The van der Waals surface area contributed by atoms with E-state index in [1.807, 2.05) is 0 Å². The van der Waals surface area contributed by atoms with Gasteiger partial charge in [-0.2, -0.15) is 0 Å². The van der Waals surface area contributed by atoms with Crippen molar-refractivity contribution in [2.75, 3.05) is 13.2 Å². The van der Waals surface area contributed by atoms with Crippen LogP contribution in [0.15, 0.2) is 11.6 Å². The van der Waals surface area contributed by atoms with Crippen molar-refractivity contribution >= 4 is 8.32 Å². The maximum absolute atomic E-state index is 6.10. The molecule has 0 N–H and O–H groups in total. The van der Waals surface area contributed by atoms with Crippen molar-refractivity contribution in [2.45, 2.75) is 64.8 Å². The van der Waals surface area contributed by atoms with Gasteiger partial charge in [-0.05, 0) is 38.9 Å². The zero-order chi connectivity index (χ0) is 12.7. The van der Waals surface area contributed by atoms with Crippen molar-refractivity contribution < 1.29 is 9.16 Å². The molecule has 0 aliphatic carbocycles. The molecule has 0 saturated heterocycles. The number of unbranched alkanes of at least 4 members (excludes halogenated alkanes) is 1. The lowest BCUT2D eigenvalue weighted by Crippen LogP contribution is -2.32. The molecule has 0 saturated carbocycles. The van der Waals surface area contributed by atoms with Gasteiger partial charge in [0.25, 0.3) is 0 Å². The monoisotopic (exact) mass is 256 g/mol. The van der Waals surface area contributed by atoms with Crippen LogP contribution in [0.4, 0.5) is 0 Å². The summed E-state index contributed by atoms with van der Waals surface area (Å²) in [4.78, 5) is 0. The third kappa shape index (κ3) is 6.39. The third-order valence-electron chi connectivity index (χ3n) is 3.34. The van der Waals surface area contributed by atoms with Gasteiger partial charge in [0.1, 0.15) is 0 Å². The van der Waals surface area contributed by atoms with Crippen molar-refractivity contribution in [3.8, 4) is 0 Å². The quantitative estimate of drug-likeness (QED) is 0.503. The van der Waals surface area contributed by atoms with Gasteiger partial charge in [-0.15, -0.1) is 0 Å². The van der Waals surface area contributed by atoms with Crippen molar-refractivity contribution in [3.63, 3.8) is 0 Å². The maximum Gasteiger partial charge on any atom is 0.186 e. The fourth-order valence-corrected chi connectivity index (χ4v) is 4.07. The van der Waals surface area contributed by atoms with Crippen LogP contribution in [0.1, 0.15) is 39.5 Å². The molecule has 1 rings (SSSR count). The predicted octanol–water partition coefficient (Wildman–Crippen LogP) is 4.13. The fourth-order valence-electron chi connectivity index (χ4n) is 2.05. The van der Waals surface area contributed by atoms with Gasteiger partial charge in [-0.3, -0.25) is 0 Å². The molecule has 0 fully saturated rings. The molecule has 1 aliphatic rings. The molecule has 1 aliphatic heterocycles. The van der Waals surface area contributed by atoms with E-state index < -0.39 is 8.32 Å². The Hall–Kier alpha value is -0.123. The second kappa shape index (κ2) is 7.34. The van der Waals surface area contributed by atoms with Crippen molar-refractivity contribution in [1.29, 1.82) is 0 Å². The van der Waals surface area contributed by atoms with E-state index in [2.05, 4.69) is 33.0 Å². The Morgan fingerprint density at radius 1 is 1.47 bits per heavy atom. The van der Waals surface area contributed by atoms with Crippen LogP contribution in [0.5, 0.6) is 0 Å². The molecule has 0 bridgehead atoms. The lowest BCUT2D eigenvalue weighted by molar-refractivity contribution is 0.0450. The van der Waals surface area contributed by atoms with Gasteiger partial charge >= 0.3 is 0 Å². The van der Waals surface area contributed by atoms with E-state index in [9.17, 15) is 0 Å². The fraction of sp³-hybridized carbons (Fsp3) is 0.857. The van der Waals surface area contributed by atoms with E-state index >= 15 is 0 Å². The van der Waals surface area contributed by atoms with Gasteiger partial charge in [-0.25, -0.2) is 0 Å². The predicted molar refractivity (Wildman–Crippen MR) is 75.9 cm³/mol. The van der Waals surface area contributed by atoms with E-state index in [0.717, 1.165) is 26.1 Å². The lowest BCUT2D eigenvalue weighted by Gasteiger charge is -2.26. The topological polar surface area (TPSA) is 18.5 Å². The first-order valence-electron chi connectivity index (χ1n) is 6.94. The van der Waals surface area contributed by atoms with Gasteiger partial charge in [0.15, 0.2) is 8.32 Å². The minimum absolute atomic E-state index is 0.384. The van der Waals surface area contributed by atoms with E-state index in [0.29, 0.717) is 6.10 Å². The van der Waals surface area contributed by atoms with Gasteiger partial charge in [0.2, 0.25) is 0 Å². The molecule has 0 spiro atoms. The maximum atomic E-state index is 6.10. The number of ether oxygens (including phenoxy) is 1. The van der Waals surface area contributed by atoms with E-state index in [1.165, 1.54) is 24.5 Å². The van der Waals surface area contributed by atoms with Crippen LogP contribution < -0.4 is 0 Å². The van der Waals surface area contributed by atoms with Crippen molar-refractivity contribution in [1.82, 2.24) is 0 Å². The second-order valence-electron chi connectivity index (χ2n) is 5.72. The number of hydrogen-bond acceptors (Lipinski definition) is 2. The molecule has 1 unspecified atom stereocenters. The second-order valence-corrected chi connectivity index (χ2v) is 10.0. The summed E-state index contributed by atoms with van der Waals surface area (Å²) in [6.45, 7) is 10.7. The Kier molecular flexibility index (Phi) is 6.45. The Balaban J connectivity index is 2.14. The zero-order valence-electron chi connectivity index (χ0n) is 11.9. The summed E-state index contributed by atoms with van der Waals surface area (Å²) in [5, 5.41) is 0. The van der Waals surface area contributed by atoms with Crippen LogP contribution in [0.25, 0.3) is 0 Å². The molecule has 0 aromatic carbocycles. The third-order valence-corrected chi connectivity index (χ3v) is 5.88. The molecular formula is C14H28O2Si. The Bertz CT molecular complexity index is 249. The first kappa shape index (κ1) is 14.9. The highest BCUT2D eigenvalue weighted by molar-refractivity contribution is 6.71. The van der Waals surface area contributed by atoms with Crippen molar-refractivity contribution in [3.05, 3.63) is 11.6 Å². The molecule has 1 atom stereocenters. The lowest BCUT2D eigenvalue weighted by atomic mass is 10.1. The molecule has 17 heavy (non-hydrogen) atoms. The summed E-state index contributed by atoms with van der Waals surface area (Å²) in [5.41, 5.74) is 1.36. The average molecular weight is 256 g/mol. The molecule has 0 aromatic rings. The minimum atomic E-state index is -1.39. The Morgan fingerprint density at radius 3 is 2.82 bits per heavy atom. The van der Waals surface area contributed by atoms with Crippen LogP contribution >= 0.6 is 0 Å². The Morgan fingerprint density at radius 2 is 2.24 bits per heavy atom. The minimum Gasteiger partial charge on any atom is -0.417 e. The average Bonchev–Trinajstić information content (AvgIpc) is 2.29. The van der Waals surface area contributed by atoms with E-state index in [1.54, 1.807) is 0 Å². The molecule has 0 radical (unpaired) electrons. The van der Waals surface area contributed by atoms with Crippen LogP contribution in [-0.4, -0.2) is 27.6 Å². The molecular weight excluding hydrogens is 228 g/mol. The van der Waals surface area contributed by atoms with Crippen LogP contribution in [-0.2, 0) is 9.16 Å². The zero-order valence-corrected chi connectivity index (χ0v) is 12.9. The standard InChI is InChI=1S/C14H28O2Si/c1-5-6-11-17(3,4)16-10-9-14-8-7-13(2)12-15-14/h7,14H,5-6,8-12H2,1-4H3. The molecule has 0 aromatic heterocycles. The van der Waals surface area contributed by atoms with Crippen molar-refractivity contribution in [2.24, 2.45) is 0 Å². The van der Waals surface area contributed by atoms with Gasteiger partial charge in [0, 0.05) is 6.61 Å². The Labute approximate surface area is 108 Å². The summed E-state index contributed by atoms with van der Waals surface area (Å²) in [5.74, 6) is 0. The summed E-state index contributed by atoms with van der Waals surface area (Å²) in [6.07, 6.45) is 7.37. The van der Waals surface area contributed by atoms with Gasteiger partial charge in [-0.1, -0.05) is 31.4 Å². The van der Waals surface area contributed by atoms with Gasteiger partial charge < -0.3 is 9.16 Å². The van der Waals surface area contributed by atoms with Crippen LogP contribution in [0.3, 0.4) is 0 Å². The molecule has 2 nitrogen and oxygen atoms in total. The largest absolute Gasteiger partial charge is 0.417 e. The normalized spacial score (nSPS) is 21.4. The molecule has 0 amide bonds. The van der Waals surface area contributed by atoms with Crippen LogP contribution in [0.2, 0.25) is 19.1 Å². The smallest absolute Gasteiger partial charge is 0.186 e. The number of rotatable bonds is 7. The summed E-state index contributed by atoms with van der Waals surface area (Å²) in [6, 6.07) is 1.29. The molecule has 1 heterocycles. The van der Waals surface area contributed by atoms with Gasteiger partial charge in [0.05, 0.1) is 12.7 Å². The summed E-state index contributed by atoms with van der Waals surface area (Å²) < 4.78 is 11.9. The number of hydrogen-bond donors (Lipinski definition) is 0.